The van der Waals surface area contributed by atoms with Gasteiger partial charge in [-0.25, -0.2) is 9.97 Å². The number of nitrogens with one attached hydrogen (secondary N) is 1. The van der Waals surface area contributed by atoms with Crippen LogP contribution in [0.15, 0.2) is 30.3 Å². The molecule has 1 aromatic carbocycles. The molecule has 19 heavy (non-hydrogen) atoms. The molecule has 1 heterocycles. The fourth-order valence-corrected chi connectivity index (χ4v) is 2.04. The van der Waals surface area contributed by atoms with Crippen molar-refractivity contribution in [2.24, 2.45) is 0 Å². The summed E-state index contributed by atoms with van der Waals surface area (Å²) in [5.74, 6) is 2.55. The lowest BCUT2D eigenvalue weighted by Crippen LogP contribution is -2.18. The molecular formula is C15H20N4. The van der Waals surface area contributed by atoms with Crippen molar-refractivity contribution in [3.8, 4) is 0 Å². The molecule has 0 aliphatic heterocycles. The fraction of sp³-hybridized carbons (Fsp3) is 0.333. The van der Waals surface area contributed by atoms with Gasteiger partial charge in [0.05, 0.1) is 0 Å². The third-order valence-corrected chi connectivity index (χ3v) is 2.97. The Hall–Kier alpha value is -2.10. The zero-order valence-electron chi connectivity index (χ0n) is 11.9. The molecule has 0 saturated carbocycles. The quantitative estimate of drug-likeness (QED) is 0.913. The average molecular weight is 256 g/mol. The zero-order chi connectivity index (χ0) is 13.8. The van der Waals surface area contributed by atoms with Crippen molar-refractivity contribution < 1.29 is 0 Å². The number of nitrogens with zero attached hydrogens (tertiary/aromatic N) is 3. The molecule has 100 valence electrons. The molecule has 4 heteroatoms. The van der Waals surface area contributed by atoms with Gasteiger partial charge in [0.25, 0.3) is 0 Å². The molecule has 2 rings (SSSR count). The van der Waals surface area contributed by atoms with E-state index in [1.807, 2.05) is 27.1 Å². The maximum absolute atomic E-state index is 4.48. The Morgan fingerprint density at radius 1 is 1.16 bits per heavy atom. The van der Waals surface area contributed by atoms with Crippen LogP contribution in [0.4, 0.5) is 11.6 Å². The first-order valence-electron chi connectivity index (χ1n) is 6.38. The molecule has 1 aromatic heterocycles. The first kappa shape index (κ1) is 13.3. The van der Waals surface area contributed by atoms with Crippen LogP contribution in [0.3, 0.4) is 0 Å². The topological polar surface area (TPSA) is 41.0 Å². The van der Waals surface area contributed by atoms with E-state index >= 15 is 0 Å². The number of benzene rings is 1. The van der Waals surface area contributed by atoms with Gasteiger partial charge in [0.2, 0.25) is 0 Å². The van der Waals surface area contributed by atoms with Gasteiger partial charge in [-0.3, -0.25) is 0 Å². The Balaban J connectivity index is 2.20. The van der Waals surface area contributed by atoms with Gasteiger partial charge in [0.1, 0.15) is 17.5 Å². The van der Waals surface area contributed by atoms with Crippen LogP contribution in [-0.2, 0) is 6.54 Å². The van der Waals surface area contributed by atoms with E-state index in [9.17, 15) is 0 Å². The summed E-state index contributed by atoms with van der Waals surface area (Å²) in [4.78, 5) is 10.9. The minimum atomic E-state index is 0.776. The van der Waals surface area contributed by atoms with E-state index in [4.69, 9.17) is 0 Å². The van der Waals surface area contributed by atoms with Crippen molar-refractivity contribution in [3.63, 3.8) is 0 Å². The summed E-state index contributed by atoms with van der Waals surface area (Å²) in [7, 11) is 3.91. The van der Waals surface area contributed by atoms with Crippen molar-refractivity contribution >= 4 is 11.6 Å². The average Bonchev–Trinajstić information content (AvgIpc) is 2.38. The van der Waals surface area contributed by atoms with Gasteiger partial charge in [-0.15, -0.1) is 0 Å². The van der Waals surface area contributed by atoms with Crippen LogP contribution in [-0.4, -0.2) is 24.1 Å². The maximum Gasteiger partial charge on any atom is 0.134 e. The third-order valence-electron chi connectivity index (χ3n) is 2.97. The van der Waals surface area contributed by atoms with Crippen molar-refractivity contribution in [1.82, 2.24) is 9.97 Å². The van der Waals surface area contributed by atoms with Crippen LogP contribution in [0, 0.1) is 13.8 Å². The Labute approximate surface area is 114 Å². The van der Waals surface area contributed by atoms with Crippen LogP contribution in [0.5, 0.6) is 0 Å². The number of hydrogen-bond acceptors (Lipinski definition) is 4. The van der Waals surface area contributed by atoms with Crippen LogP contribution >= 0.6 is 0 Å². The van der Waals surface area contributed by atoms with Gasteiger partial charge in [0.15, 0.2) is 0 Å². The summed E-state index contributed by atoms with van der Waals surface area (Å²) in [5.41, 5.74) is 2.56. The van der Waals surface area contributed by atoms with Gasteiger partial charge in [-0.2, -0.15) is 0 Å². The Morgan fingerprint density at radius 2 is 1.95 bits per heavy atom. The number of aromatic nitrogens is 2. The Bertz CT molecular complexity index is 566. The van der Waals surface area contributed by atoms with Crippen LogP contribution in [0.2, 0.25) is 0 Å². The van der Waals surface area contributed by atoms with Gasteiger partial charge >= 0.3 is 0 Å². The SMILES string of the molecule is CNc1cc(N(C)Cc2cccc(C)c2)nc(C)n1. The molecule has 0 radical (unpaired) electrons. The smallest absolute Gasteiger partial charge is 0.134 e. The molecule has 0 aliphatic carbocycles. The maximum atomic E-state index is 4.48. The summed E-state index contributed by atoms with van der Waals surface area (Å²) < 4.78 is 0. The van der Waals surface area contributed by atoms with Crippen LogP contribution < -0.4 is 10.2 Å². The second-order valence-electron chi connectivity index (χ2n) is 4.75. The number of rotatable bonds is 4. The van der Waals surface area contributed by atoms with E-state index in [1.165, 1.54) is 11.1 Å². The standard InChI is InChI=1S/C15H20N4/c1-11-6-5-7-13(8-11)10-19(4)15-9-14(16-3)17-12(2)18-15/h5-9H,10H2,1-4H3,(H,16,17,18). The van der Waals surface area contributed by atoms with E-state index < -0.39 is 0 Å². The first-order valence-corrected chi connectivity index (χ1v) is 6.38. The second-order valence-corrected chi connectivity index (χ2v) is 4.75. The van der Waals surface area contributed by atoms with Gasteiger partial charge in [0, 0.05) is 26.7 Å². The lowest BCUT2D eigenvalue weighted by atomic mass is 10.1. The van der Waals surface area contributed by atoms with Crippen molar-refractivity contribution in [1.29, 1.82) is 0 Å². The van der Waals surface area contributed by atoms with Gasteiger partial charge < -0.3 is 10.2 Å². The molecule has 0 spiro atoms. The molecule has 0 amide bonds. The third kappa shape index (κ3) is 3.44. The lowest BCUT2D eigenvalue weighted by Gasteiger charge is -2.19. The highest BCUT2D eigenvalue weighted by Crippen LogP contribution is 2.17. The summed E-state index contributed by atoms with van der Waals surface area (Å²) in [5, 5.41) is 3.06. The highest BCUT2D eigenvalue weighted by molar-refractivity contribution is 5.49. The number of hydrogen-bond donors (Lipinski definition) is 1. The molecular weight excluding hydrogens is 236 g/mol. The molecule has 0 atom stereocenters. The highest BCUT2D eigenvalue weighted by atomic mass is 15.2. The Kier molecular flexibility index (Phi) is 4.00. The minimum Gasteiger partial charge on any atom is -0.373 e. The molecule has 0 saturated heterocycles. The monoisotopic (exact) mass is 256 g/mol. The van der Waals surface area contributed by atoms with Crippen molar-refractivity contribution in [2.45, 2.75) is 20.4 Å². The summed E-state index contributed by atoms with van der Waals surface area (Å²) in [6.07, 6.45) is 0. The second kappa shape index (κ2) is 5.69. The Morgan fingerprint density at radius 3 is 2.63 bits per heavy atom. The summed E-state index contributed by atoms with van der Waals surface area (Å²) in [6, 6.07) is 10.5. The summed E-state index contributed by atoms with van der Waals surface area (Å²) >= 11 is 0. The number of aryl methyl sites for hydroxylation is 2. The molecule has 0 bridgehead atoms. The molecule has 1 N–H and O–H groups in total. The fourth-order valence-electron chi connectivity index (χ4n) is 2.04. The summed E-state index contributed by atoms with van der Waals surface area (Å²) in [6.45, 7) is 4.85. The lowest BCUT2D eigenvalue weighted by molar-refractivity contribution is 0.879. The van der Waals surface area contributed by atoms with Crippen molar-refractivity contribution in [3.05, 3.63) is 47.3 Å². The first-order chi connectivity index (χ1) is 9.08. The predicted molar refractivity (Wildman–Crippen MR) is 79.6 cm³/mol. The van der Waals surface area contributed by atoms with Crippen LogP contribution in [0.1, 0.15) is 17.0 Å². The normalized spacial score (nSPS) is 10.3. The molecule has 0 aliphatic rings. The highest BCUT2D eigenvalue weighted by Gasteiger charge is 2.06. The van der Waals surface area contributed by atoms with E-state index in [-0.39, 0.29) is 0 Å². The predicted octanol–water partition coefficient (Wildman–Crippen LogP) is 2.77. The van der Waals surface area contributed by atoms with E-state index in [0.717, 1.165) is 24.0 Å². The number of anilines is 2. The van der Waals surface area contributed by atoms with Gasteiger partial charge in [-0.1, -0.05) is 29.8 Å². The molecule has 0 fully saturated rings. The molecule has 0 unspecified atom stereocenters. The van der Waals surface area contributed by atoms with E-state index in [1.54, 1.807) is 0 Å². The molecule has 4 nitrogen and oxygen atoms in total. The van der Waals surface area contributed by atoms with E-state index in [2.05, 4.69) is 51.4 Å². The van der Waals surface area contributed by atoms with Crippen molar-refractivity contribution in [2.75, 3.05) is 24.3 Å². The zero-order valence-corrected chi connectivity index (χ0v) is 11.9. The largest absolute Gasteiger partial charge is 0.373 e. The van der Waals surface area contributed by atoms with Crippen LogP contribution in [0.25, 0.3) is 0 Å². The van der Waals surface area contributed by atoms with Gasteiger partial charge in [-0.05, 0) is 19.4 Å². The minimum absolute atomic E-state index is 0.776. The molecule has 2 aromatic rings. The van der Waals surface area contributed by atoms with E-state index in [0.29, 0.717) is 0 Å².